The Morgan fingerprint density at radius 3 is 2.72 bits per heavy atom. The zero-order valence-electron chi connectivity index (χ0n) is 10.3. The van der Waals surface area contributed by atoms with Gasteiger partial charge in [0.25, 0.3) is 5.69 Å². The van der Waals surface area contributed by atoms with Gasteiger partial charge in [0.05, 0.1) is 11.5 Å². The lowest BCUT2D eigenvalue weighted by Gasteiger charge is -2.22. The molecule has 0 aliphatic carbocycles. The van der Waals surface area contributed by atoms with Gasteiger partial charge in [0, 0.05) is 24.7 Å². The molecule has 1 atom stereocenters. The second kappa shape index (κ2) is 5.93. The van der Waals surface area contributed by atoms with Gasteiger partial charge in [0.1, 0.15) is 0 Å². The summed E-state index contributed by atoms with van der Waals surface area (Å²) in [6.45, 7) is 2.17. The number of likely N-dealkylation sites (tertiary alicyclic amines) is 1. The number of rotatable bonds is 5. The number of benzene rings is 1. The Hall–Kier alpha value is -1.46. The summed E-state index contributed by atoms with van der Waals surface area (Å²) in [7, 11) is 0. The van der Waals surface area contributed by atoms with E-state index >= 15 is 0 Å². The first-order chi connectivity index (χ1) is 8.70. The molecular weight excluding hydrogens is 232 g/mol. The van der Waals surface area contributed by atoms with Gasteiger partial charge >= 0.3 is 0 Å². The molecule has 1 aliphatic rings. The summed E-state index contributed by atoms with van der Waals surface area (Å²) in [4.78, 5) is 12.4. The van der Waals surface area contributed by atoms with Gasteiger partial charge in [-0.25, -0.2) is 0 Å². The van der Waals surface area contributed by atoms with E-state index in [1.165, 1.54) is 0 Å². The van der Waals surface area contributed by atoms with Crippen molar-refractivity contribution in [2.75, 3.05) is 19.7 Å². The van der Waals surface area contributed by atoms with Crippen LogP contribution in [0.25, 0.3) is 0 Å². The second-order valence-corrected chi connectivity index (χ2v) is 4.69. The Balaban J connectivity index is 1.88. The first-order valence-corrected chi connectivity index (χ1v) is 6.29. The standard InChI is InChI=1S/C13H18N2O3/c16-10-13-2-1-8-14(13)9-7-11-3-5-12(6-4-11)15(17)18/h3-6,13,16H,1-2,7-10H2/t13-/m0/s1. The van der Waals surface area contributed by atoms with E-state index in [4.69, 9.17) is 0 Å². The molecule has 0 spiro atoms. The highest BCUT2D eigenvalue weighted by Crippen LogP contribution is 2.18. The lowest BCUT2D eigenvalue weighted by atomic mass is 10.1. The molecule has 1 aromatic carbocycles. The van der Waals surface area contributed by atoms with E-state index in [-0.39, 0.29) is 17.2 Å². The van der Waals surface area contributed by atoms with Crippen molar-refractivity contribution >= 4 is 5.69 Å². The molecule has 18 heavy (non-hydrogen) atoms. The Kier molecular flexibility index (Phi) is 4.28. The Labute approximate surface area is 106 Å². The van der Waals surface area contributed by atoms with Crippen LogP contribution in [0.5, 0.6) is 0 Å². The van der Waals surface area contributed by atoms with E-state index in [0.717, 1.165) is 37.9 Å². The van der Waals surface area contributed by atoms with Gasteiger partial charge in [0.2, 0.25) is 0 Å². The van der Waals surface area contributed by atoms with Gasteiger partial charge in [-0.05, 0) is 31.4 Å². The van der Waals surface area contributed by atoms with Crippen LogP contribution in [0, 0.1) is 10.1 Å². The predicted molar refractivity (Wildman–Crippen MR) is 68.5 cm³/mol. The zero-order chi connectivity index (χ0) is 13.0. The van der Waals surface area contributed by atoms with Gasteiger partial charge in [0.15, 0.2) is 0 Å². The highest BCUT2D eigenvalue weighted by molar-refractivity contribution is 5.32. The fourth-order valence-corrected chi connectivity index (χ4v) is 2.45. The number of hydrogen-bond donors (Lipinski definition) is 1. The van der Waals surface area contributed by atoms with Crippen molar-refractivity contribution in [3.05, 3.63) is 39.9 Å². The molecule has 1 heterocycles. The SMILES string of the molecule is O=[N+]([O-])c1ccc(CCN2CCC[C@H]2CO)cc1. The fraction of sp³-hybridized carbons (Fsp3) is 0.538. The van der Waals surface area contributed by atoms with Crippen LogP contribution in [0.1, 0.15) is 18.4 Å². The smallest absolute Gasteiger partial charge is 0.269 e. The first-order valence-electron chi connectivity index (χ1n) is 6.29. The molecule has 5 heteroatoms. The Morgan fingerprint density at radius 2 is 2.11 bits per heavy atom. The van der Waals surface area contributed by atoms with Crippen LogP contribution in [0.3, 0.4) is 0 Å². The highest BCUT2D eigenvalue weighted by Gasteiger charge is 2.22. The van der Waals surface area contributed by atoms with E-state index in [9.17, 15) is 15.2 Å². The molecule has 1 N–H and O–H groups in total. The van der Waals surface area contributed by atoms with Crippen LogP contribution in [-0.2, 0) is 6.42 Å². The van der Waals surface area contributed by atoms with Crippen molar-refractivity contribution in [1.29, 1.82) is 0 Å². The first kappa shape index (κ1) is 13.0. The number of non-ortho nitro benzene ring substituents is 1. The quantitative estimate of drug-likeness (QED) is 0.636. The molecule has 98 valence electrons. The molecule has 5 nitrogen and oxygen atoms in total. The third-order valence-electron chi connectivity index (χ3n) is 3.54. The van der Waals surface area contributed by atoms with Crippen LogP contribution in [0.4, 0.5) is 5.69 Å². The maximum absolute atomic E-state index is 10.5. The summed E-state index contributed by atoms with van der Waals surface area (Å²) in [6, 6.07) is 7.00. The van der Waals surface area contributed by atoms with Gasteiger partial charge in [-0.2, -0.15) is 0 Å². The number of nitro groups is 1. The van der Waals surface area contributed by atoms with Gasteiger partial charge in [-0.1, -0.05) is 12.1 Å². The molecule has 0 amide bonds. The molecule has 1 fully saturated rings. The van der Waals surface area contributed by atoms with Crippen LogP contribution in [-0.4, -0.2) is 40.7 Å². The minimum Gasteiger partial charge on any atom is -0.395 e. The molecule has 0 aromatic heterocycles. The molecule has 1 saturated heterocycles. The highest BCUT2D eigenvalue weighted by atomic mass is 16.6. The predicted octanol–water partition coefficient (Wildman–Crippen LogP) is 1.59. The summed E-state index contributed by atoms with van der Waals surface area (Å²) in [5.41, 5.74) is 1.23. The average Bonchev–Trinajstić information content (AvgIpc) is 2.84. The van der Waals surface area contributed by atoms with Crippen molar-refractivity contribution in [2.24, 2.45) is 0 Å². The van der Waals surface area contributed by atoms with E-state index in [2.05, 4.69) is 4.90 Å². The van der Waals surface area contributed by atoms with Crippen LogP contribution in [0.15, 0.2) is 24.3 Å². The Morgan fingerprint density at radius 1 is 1.39 bits per heavy atom. The number of aliphatic hydroxyl groups is 1. The molecule has 0 radical (unpaired) electrons. The Bertz CT molecular complexity index is 405. The monoisotopic (exact) mass is 250 g/mol. The maximum atomic E-state index is 10.5. The molecular formula is C13H18N2O3. The van der Waals surface area contributed by atoms with E-state index < -0.39 is 0 Å². The minimum atomic E-state index is -0.383. The van der Waals surface area contributed by atoms with E-state index in [1.54, 1.807) is 12.1 Å². The van der Waals surface area contributed by atoms with Crippen LogP contribution < -0.4 is 0 Å². The average molecular weight is 250 g/mol. The summed E-state index contributed by atoms with van der Waals surface area (Å²) >= 11 is 0. The van der Waals surface area contributed by atoms with Crippen molar-refractivity contribution in [2.45, 2.75) is 25.3 Å². The summed E-state index contributed by atoms with van der Waals surface area (Å²) in [5, 5.41) is 19.7. The fourth-order valence-electron chi connectivity index (χ4n) is 2.45. The number of nitrogens with zero attached hydrogens (tertiary/aromatic N) is 2. The third kappa shape index (κ3) is 3.05. The third-order valence-corrected chi connectivity index (χ3v) is 3.54. The second-order valence-electron chi connectivity index (χ2n) is 4.69. The van der Waals surface area contributed by atoms with E-state index in [0.29, 0.717) is 6.04 Å². The van der Waals surface area contributed by atoms with Crippen molar-refractivity contribution < 1.29 is 10.0 Å². The van der Waals surface area contributed by atoms with Crippen LogP contribution >= 0.6 is 0 Å². The molecule has 1 aliphatic heterocycles. The van der Waals surface area contributed by atoms with Crippen LogP contribution in [0.2, 0.25) is 0 Å². The molecule has 1 aromatic rings. The minimum absolute atomic E-state index is 0.133. The van der Waals surface area contributed by atoms with Gasteiger partial charge < -0.3 is 5.11 Å². The summed E-state index contributed by atoms with van der Waals surface area (Å²) < 4.78 is 0. The van der Waals surface area contributed by atoms with Crippen molar-refractivity contribution in [3.8, 4) is 0 Å². The number of hydrogen-bond acceptors (Lipinski definition) is 4. The summed E-state index contributed by atoms with van der Waals surface area (Å²) in [5.74, 6) is 0. The van der Waals surface area contributed by atoms with Crippen molar-refractivity contribution in [1.82, 2.24) is 4.90 Å². The number of nitro benzene ring substituents is 1. The zero-order valence-corrected chi connectivity index (χ0v) is 10.3. The lowest BCUT2D eigenvalue weighted by molar-refractivity contribution is -0.384. The normalized spacial score (nSPS) is 20.2. The largest absolute Gasteiger partial charge is 0.395 e. The van der Waals surface area contributed by atoms with Gasteiger partial charge in [-0.3, -0.25) is 15.0 Å². The number of aliphatic hydroxyl groups excluding tert-OH is 1. The maximum Gasteiger partial charge on any atom is 0.269 e. The van der Waals surface area contributed by atoms with E-state index in [1.807, 2.05) is 12.1 Å². The molecule has 0 saturated carbocycles. The molecule has 0 bridgehead atoms. The molecule has 2 rings (SSSR count). The van der Waals surface area contributed by atoms with Crippen molar-refractivity contribution in [3.63, 3.8) is 0 Å². The van der Waals surface area contributed by atoms with Gasteiger partial charge in [-0.15, -0.1) is 0 Å². The molecule has 0 unspecified atom stereocenters. The summed E-state index contributed by atoms with van der Waals surface area (Å²) in [6.07, 6.45) is 3.08. The topological polar surface area (TPSA) is 66.6 Å². The lowest BCUT2D eigenvalue weighted by Crippen LogP contribution is -2.33.